The number of carbonyl (C=O) groups is 3. The lowest BCUT2D eigenvalue weighted by atomic mass is 9.77. The minimum atomic E-state index is -0.978. The van der Waals surface area contributed by atoms with Crippen molar-refractivity contribution in [1.82, 2.24) is 15.1 Å². The second-order valence-corrected chi connectivity index (χ2v) is 12.7. The zero-order chi connectivity index (χ0) is 32.0. The lowest BCUT2D eigenvalue weighted by molar-refractivity contribution is -0.166. The van der Waals surface area contributed by atoms with Crippen molar-refractivity contribution in [1.29, 1.82) is 0 Å². The van der Waals surface area contributed by atoms with Crippen molar-refractivity contribution in [3.8, 4) is 11.5 Å². The number of hydrogen-bond donors (Lipinski definition) is 3. The van der Waals surface area contributed by atoms with Crippen LogP contribution >= 0.6 is 12.4 Å². The van der Waals surface area contributed by atoms with Crippen LogP contribution in [0.1, 0.15) is 81.1 Å². The fourth-order valence-electron chi connectivity index (χ4n) is 7.12. The van der Waals surface area contributed by atoms with Gasteiger partial charge in [0.25, 0.3) is 0 Å². The van der Waals surface area contributed by atoms with Crippen molar-refractivity contribution >= 4 is 30.2 Å². The molecule has 2 heterocycles. The first-order valence-electron chi connectivity index (χ1n) is 16.5. The Hall–Kier alpha value is -3.18. The van der Waals surface area contributed by atoms with E-state index >= 15 is 0 Å². The summed E-state index contributed by atoms with van der Waals surface area (Å²) in [6.07, 6.45) is 5.42. The molecule has 1 spiro atoms. The molecule has 46 heavy (non-hydrogen) atoms. The SMILES string of the molecule is CCCCN1C(=O)[C@@H]([C@H](O)[C@H]2CC[C@@H](OCC)CC2)NC(=O)C12CCN(Cc1ccc(Oc3ccc(C(=O)O)cc3)cc1)CC2.Cl. The molecule has 2 aromatic rings. The molecular formula is C35H48ClN3O7. The predicted octanol–water partition coefficient (Wildman–Crippen LogP) is 5.02. The van der Waals surface area contributed by atoms with Gasteiger partial charge in [-0.3, -0.25) is 14.5 Å². The van der Waals surface area contributed by atoms with Gasteiger partial charge in [0.1, 0.15) is 23.1 Å². The lowest BCUT2D eigenvalue weighted by Gasteiger charge is -2.52. The number of amides is 2. The second kappa shape index (κ2) is 16.1. The van der Waals surface area contributed by atoms with Gasteiger partial charge in [0.2, 0.25) is 11.8 Å². The van der Waals surface area contributed by atoms with Crippen molar-refractivity contribution in [2.75, 3.05) is 26.2 Å². The zero-order valence-corrected chi connectivity index (χ0v) is 27.7. The molecule has 3 fully saturated rings. The van der Waals surface area contributed by atoms with Crippen LogP contribution in [0.5, 0.6) is 11.5 Å². The minimum Gasteiger partial charge on any atom is -0.478 e. The summed E-state index contributed by atoms with van der Waals surface area (Å²) < 4.78 is 11.6. The van der Waals surface area contributed by atoms with Crippen LogP contribution in [-0.2, 0) is 20.9 Å². The maximum Gasteiger partial charge on any atom is 0.335 e. The quantitative estimate of drug-likeness (QED) is 0.290. The zero-order valence-electron chi connectivity index (χ0n) is 26.9. The van der Waals surface area contributed by atoms with E-state index < -0.39 is 23.7 Å². The van der Waals surface area contributed by atoms with Crippen LogP contribution in [0.25, 0.3) is 0 Å². The molecule has 0 radical (unpaired) electrons. The smallest absolute Gasteiger partial charge is 0.335 e. The van der Waals surface area contributed by atoms with E-state index in [4.69, 9.17) is 14.6 Å². The summed E-state index contributed by atoms with van der Waals surface area (Å²) in [6, 6.07) is 13.2. The summed E-state index contributed by atoms with van der Waals surface area (Å²) in [5.41, 5.74) is 0.422. The molecule has 2 saturated heterocycles. The van der Waals surface area contributed by atoms with Gasteiger partial charge >= 0.3 is 5.97 Å². The molecule has 3 aliphatic rings. The topological polar surface area (TPSA) is 129 Å². The number of halogens is 1. The third kappa shape index (κ3) is 8.02. The van der Waals surface area contributed by atoms with Gasteiger partial charge in [-0.15, -0.1) is 12.4 Å². The Kier molecular flexibility index (Phi) is 12.5. The van der Waals surface area contributed by atoms with Gasteiger partial charge in [-0.25, -0.2) is 4.79 Å². The first kappa shape index (κ1) is 35.7. The Bertz CT molecular complexity index is 1310. The number of rotatable bonds is 12. The Morgan fingerprint density at radius 2 is 1.59 bits per heavy atom. The molecular weight excluding hydrogens is 610 g/mol. The summed E-state index contributed by atoms with van der Waals surface area (Å²) in [4.78, 5) is 43.0. The van der Waals surface area contributed by atoms with E-state index in [1.165, 1.54) is 12.1 Å². The van der Waals surface area contributed by atoms with Crippen LogP contribution < -0.4 is 10.1 Å². The molecule has 3 N–H and O–H groups in total. The lowest BCUT2D eigenvalue weighted by Crippen LogP contribution is -2.75. The third-order valence-electron chi connectivity index (χ3n) is 9.79. The second-order valence-electron chi connectivity index (χ2n) is 12.7. The Morgan fingerprint density at radius 1 is 0.978 bits per heavy atom. The number of aliphatic hydroxyl groups is 1. The van der Waals surface area contributed by atoms with Gasteiger partial charge in [-0.05, 0) is 99.7 Å². The number of ether oxygens (including phenoxy) is 2. The Morgan fingerprint density at radius 3 is 2.15 bits per heavy atom. The number of piperazine rings is 1. The molecule has 5 rings (SSSR count). The van der Waals surface area contributed by atoms with Gasteiger partial charge in [0.05, 0.1) is 17.8 Å². The molecule has 0 unspecified atom stereocenters. The van der Waals surface area contributed by atoms with E-state index in [0.29, 0.717) is 57.1 Å². The first-order valence-corrected chi connectivity index (χ1v) is 16.5. The number of carbonyl (C=O) groups excluding carboxylic acids is 2. The number of nitrogens with zero attached hydrogens (tertiary/aromatic N) is 2. The predicted molar refractivity (Wildman–Crippen MR) is 176 cm³/mol. The van der Waals surface area contributed by atoms with E-state index in [1.807, 2.05) is 36.1 Å². The van der Waals surface area contributed by atoms with Gasteiger partial charge in [0, 0.05) is 32.8 Å². The van der Waals surface area contributed by atoms with Crippen LogP contribution in [0.4, 0.5) is 0 Å². The number of piperidine rings is 1. The van der Waals surface area contributed by atoms with Crippen molar-refractivity contribution in [2.45, 2.75) is 95.5 Å². The summed E-state index contributed by atoms with van der Waals surface area (Å²) in [5.74, 6) is -0.0810. The van der Waals surface area contributed by atoms with Crippen LogP contribution in [0.15, 0.2) is 48.5 Å². The van der Waals surface area contributed by atoms with Crippen molar-refractivity contribution in [2.24, 2.45) is 5.92 Å². The van der Waals surface area contributed by atoms with Crippen LogP contribution in [0.2, 0.25) is 0 Å². The number of aliphatic hydroxyl groups excluding tert-OH is 1. The van der Waals surface area contributed by atoms with Crippen LogP contribution in [0.3, 0.4) is 0 Å². The molecule has 0 aromatic heterocycles. The number of unbranched alkanes of at least 4 members (excludes halogenated alkanes) is 1. The molecule has 2 amide bonds. The highest BCUT2D eigenvalue weighted by Gasteiger charge is 2.55. The van der Waals surface area contributed by atoms with Crippen molar-refractivity contribution < 1.29 is 34.1 Å². The Balaban J connectivity index is 0.00000480. The molecule has 2 aliphatic heterocycles. The van der Waals surface area contributed by atoms with Gasteiger partial charge in [-0.2, -0.15) is 0 Å². The molecule has 2 aromatic carbocycles. The molecule has 252 valence electrons. The summed E-state index contributed by atoms with van der Waals surface area (Å²) in [5, 5.41) is 23.4. The van der Waals surface area contributed by atoms with E-state index in [-0.39, 0.29) is 41.8 Å². The largest absolute Gasteiger partial charge is 0.478 e. The van der Waals surface area contributed by atoms with Crippen LogP contribution in [0, 0.1) is 5.92 Å². The number of carboxylic acid groups (broad SMARTS) is 1. The number of aromatic carboxylic acids is 1. The third-order valence-corrected chi connectivity index (χ3v) is 9.79. The molecule has 0 bridgehead atoms. The molecule has 1 saturated carbocycles. The normalized spacial score (nSPS) is 23.8. The van der Waals surface area contributed by atoms with E-state index in [0.717, 1.165) is 44.1 Å². The average Bonchev–Trinajstić information content (AvgIpc) is 3.05. The number of carboxylic acids is 1. The van der Waals surface area contributed by atoms with Crippen molar-refractivity contribution in [3.05, 3.63) is 59.7 Å². The number of nitrogens with one attached hydrogen (secondary N) is 1. The highest BCUT2D eigenvalue weighted by molar-refractivity contribution is 6.00. The summed E-state index contributed by atoms with van der Waals surface area (Å²) >= 11 is 0. The molecule has 10 nitrogen and oxygen atoms in total. The van der Waals surface area contributed by atoms with Gasteiger partial charge < -0.3 is 29.9 Å². The molecule has 1 aliphatic carbocycles. The van der Waals surface area contributed by atoms with Gasteiger partial charge in [0.15, 0.2) is 0 Å². The first-order chi connectivity index (χ1) is 21.7. The minimum absolute atomic E-state index is 0. The summed E-state index contributed by atoms with van der Waals surface area (Å²) in [6.45, 7) is 7.32. The highest BCUT2D eigenvalue weighted by Crippen LogP contribution is 2.37. The summed E-state index contributed by atoms with van der Waals surface area (Å²) in [7, 11) is 0. The number of hydrogen-bond acceptors (Lipinski definition) is 7. The Labute approximate surface area is 277 Å². The maximum atomic E-state index is 14.0. The van der Waals surface area contributed by atoms with Gasteiger partial charge in [-0.1, -0.05) is 25.5 Å². The van der Waals surface area contributed by atoms with Crippen LogP contribution in [-0.4, -0.2) is 87.8 Å². The monoisotopic (exact) mass is 657 g/mol. The average molecular weight is 658 g/mol. The number of likely N-dealkylation sites (tertiary alicyclic amines) is 1. The fourth-order valence-corrected chi connectivity index (χ4v) is 7.12. The highest BCUT2D eigenvalue weighted by atomic mass is 35.5. The van der Waals surface area contributed by atoms with E-state index in [2.05, 4.69) is 17.1 Å². The number of benzene rings is 2. The molecule has 11 heteroatoms. The van der Waals surface area contributed by atoms with E-state index in [1.54, 1.807) is 12.1 Å². The standard InChI is InChI=1S/C35H47N3O7.ClH/c1-3-5-20-38-32(40)30(31(39)25-8-14-27(15-9-25)44-4-2)36-34(43)35(38)18-21-37(22-19-35)23-24-6-12-28(13-7-24)45-29-16-10-26(11-17-29)33(41)42;/h6-7,10-13,16-17,25,27,30-31,39H,3-5,8-9,14-15,18-23H2,1-2H3,(H,36,43)(H,41,42);1H/t25-,27+,30-,31-;/m1./s1. The molecule has 2 atom stereocenters. The van der Waals surface area contributed by atoms with Crippen molar-refractivity contribution in [3.63, 3.8) is 0 Å². The fraction of sp³-hybridized carbons (Fsp3) is 0.571. The van der Waals surface area contributed by atoms with E-state index in [9.17, 15) is 19.5 Å². The maximum absolute atomic E-state index is 14.0.